The molecule has 0 saturated heterocycles. The summed E-state index contributed by atoms with van der Waals surface area (Å²) in [6, 6.07) is 29.1. The maximum atomic E-state index is 13.1. The minimum absolute atomic E-state index is 0.0521. The van der Waals surface area contributed by atoms with E-state index in [1.54, 1.807) is 6.08 Å². The smallest absolute Gasteiger partial charge is 0.416 e. The Morgan fingerprint density at radius 3 is 1.88 bits per heavy atom. The lowest BCUT2D eigenvalue weighted by atomic mass is 10.1. The number of allylic oxidation sites excluding steroid dienone is 2. The maximum absolute atomic E-state index is 13.1. The molecule has 3 aromatic rings. The molecule has 3 aromatic carbocycles. The number of ketones is 1. The Hall–Kier alpha value is -3.81. The SMILES string of the molecule is CC(=O)/C=C/CCC(CO[Si](c1ccccc1)(c1ccccc1)C(C)(C)C)N(C=O)C(=O)OCc1ccccc1. The summed E-state index contributed by atoms with van der Waals surface area (Å²) >= 11 is 0. The first kappa shape index (κ1) is 30.7. The van der Waals surface area contributed by atoms with Crippen molar-refractivity contribution in [2.45, 2.75) is 58.2 Å². The standard InChI is InChI=1S/C33H39NO5Si/c1-27(36)16-14-15-19-29(34(26-35)32(37)38-24-28-17-8-5-9-18-28)25-39-40(33(2,3)4,30-20-10-6-11-21-30)31-22-12-7-13-23-31/h5-14,16-18,20-23,26,29H,15,19,24-25H2,1-4H3/b16-14+. The van der Waals surface area contributed by atoms with Crippen LogP contribution in [0.25, 0.3) is 0 Å². The van der Waals surface area contributed by atoms with Gasteiger partial charge in [0.05, 0.1) is 12.6 Å². The fraction of sp³-hybridized carbons (Fsp3) is 0.303. The van der Waals surface area contributed by atoms with E-state index < -0.39 is 20.5 Å². The molecule has 0 heterocycles. The fourth-order valence-electron chi connectivity index (χ4n) is 4.90. The molecule has 0 aliphatic rings. The predicted octanol–water partition coefficient (Wildman–Crippen LogP) is 5.65. The van der Waals surface area contributed by atoms with Crippen molar-refractivity contribution in [2.75, 3.05) is 6.61 Å². The molecule has 0 bridgehead atoms. The van der Waals surface area contributed by atoms with Gasteiger partial charge in [0.25, 0.3) is 8.32 Å². The zero-order valence-electron chi connectivity index (χ0n) is 23.8. The summed E-state index contributed by atoms with van der Waals surface area (Å²) in [5, 5.41) is 1.94. The summed E-state index contributed by atoms with van der Waals surface area (Å²) in [6.07, 6.45) is 3.95. The van der Waals surface area contributed by atoms with E-state index in [1.807, 2.05) is 66.7 Å². The average molecular weight is 558 g/mol. The Kier molecular flexibility index (Phi) is 11.2. The van der Waals surface area contributed by atoms with Crippen molar-refractivity contribution in [1.82, 2.24) is 4.90 Å². The van der Waals surface area contributed by atoms with Crippen molar-refractivity contribution in [3.8, 4) is 0 Å². The molecule has 0 spiro atoms. The summed E-state index contributed by atoms with van der Waals surface area (Å²) in [7, 11) is -2.91. The minimum Gasteiger partial charge on any atom is -0.444 e. The second kappa shape index (κ2) is 14.5. The molecule has 1 atom stereocenters. The number of rotatable bonds is 13. The zero-order chi connectivity index (χ0) is 29.0. The number of ether oxygens (including phenoxy) is 1. The van der Waals surface area contributed by atoms with Gasteiger partial charge in [0.1, 0.15) is 6.61 Å². The topological polar surface area (TPSA) is 72.9 Å². The number of hydrogen-bond acceptors (Lipinski definition) is 5. The van der Waals surface area contributed by atoms with Crippen LogP contribution in [-0.2, 0) is 25.4 Å². The normalized spacial score (nSPS) is 12.6. The van der Waals surface area contributed by atoms with E-state index in [4.69, 9.17) is 9.16 Å². The number of amides is 2. The molecule has 7 heteroatoms. The number of nitrogens with zero attached hydrogens (tertiary/aromatic N) is 1. The number of carbonyl (C=O) groups excluding carboxylic acids is 3. The molecule has 0 saturated carbocycles. The molecular formula is C33H39NO5Si. The number of carbonyl (C=O) groups is 3. The molecule has 0 aliphatic heterocycles. The van der Waals surface area contributed by atoms with Crippen LogP contribution < -0.4 is 10.4 Å². The molecule has 210 valence electrons. The lowest BCUT2D eigenvalue weighted by Gasteiger charge is -2.44. The minimum atomic E-state index is -2.91. The number of imide groups is 1. The third kappa shape index (κ3) is 7.87. The molecule has 1 unspecified atom stereocenters. The largest absolute Gasteiger partial charge is 0.444 e. The number of benzene rings is 3. The highest BCUT2D eigenvalue weighted by Gasteiger charge is 2.50. The monoisotopic (exact) mass is 557 g/mol. The summed E-state index contributed by atoms with van der Waals surface area (Å²) < 4.78 is 12.6. The lowest BCUT2D eigenvalue weighted by Crippen LogP contribution is -2.67. The third-order valence-corrected chi connectivity index (χ3v) is 11.9. The van der Waals surface area contributed by atoms with Crippen LogP contribution in [0.1, 0.15) is 46.1 Å². The highest BCUT2D eigenvalue weighted by molar-refractivity contribution is 6.99. The van der Waals surface area contributed by atoms with Gasteiger partial charge in [-0.3, -0.25) is 9.59 Å². The zero-order valence-corrected chi connectivity index (χ0v) is 24.8. The van der Waals surface area contributed by atoms with E-state index in [9.17, 15) is 14.4 Å². The summed E-state index contributed by atoms with van der Waals surface area (Å²) in [4.78, 5) is 38.0. The molecule has 0 aliphatic carbocycles. The van der Waals surface area contributed by atoms with Crippen LogP contribution in [0.3, 0.4) is 0 Å². The van der Waals surface area contributed by atoms with Gasteiger partial charge in [-0.1, -0.05) is 118 Å². The summed E-state index contributed by atoms with van der Waals surface area (Å²) in [5.41, 5.74) is 0.825. The second-order valence-electron chi connectivity index (χ2n) is 10.8. The van der Waals surface area contributed by atoms with Gasteiger partial charge >= 0.3 is 6.09 Å². The third-order valence-electron chi connectivity index (χ3n) is 6.85. The average Bonchev–Trinajstić information content (AvgIpc) is 2.95. The molecule has 2 amide bonds. The quantitative estimate of drug-likeness (QED) is 0.154. The molecule has 0 aromatic heterocycles. The first-order valence-corrected chi connectivity index (χ1v) is 15.5. The van der Waals surface area contributed by atoms with E-state index in [2.05, 4.69) is 45.0 Å². The number of hydrogen-bond donors (Lipinski definition) is 0. The highest BCUT2D eigenvalue weighted by atomic mass is 28.4. The van der Waals surface area contributed by atoms with E-state index in [1.165, 1.54) is 13.0 Å². The Morgan fingerprint density at radius 1 is 0.875 bits per heavy atom. The molecule has 3 rings (SSSR count). The first-order chi connectivity index (χ1) is 19.2. The van der Waals surface area contributed by atoms with E-state index in [0.29, 0.717) is 19.3 Å². The van der Waals surface area contributed by atoms with Crippen molar-refractivity contribution < 1.29 is 23.5 Å². The Bertz CT molecular complexity index is 1220. The molecule has 40 heavy (non-hydrogen) atoms. The van der Waals surface area contributed by atoms with Gasteiger partial charge in [-0.25, -0.2) is 9.69 Å². The van der Waals surface area contributed by atoms with Gasteiger partial charge in [0.2, 0.25) is 6.41 Å². The van der Waals surface area contributed by atoms with Crippen LogP contribution in [0.4, 0.5) is 4.79 Å². The summed E-state index contributed by atoms with van der Waals surface area (Å²) in [5.74, 6) is -0.0605. The van der Waals surface area contributed by atoms with Crippen LogP contribution in [0.5, 0.6) is 0 Å². The Morgan fingerprint density at radius 2 is 1.40 bits per heavy atom. The molecular weight excluding hydrogens is 518 g/mol. The first-order valence-electron chi connectivity index (χ1n) is 13.6. The van der Waals surface area contributed by atoms with Crippen molar-refractivity contribution in [2.24, 2.45) is 0 Å². The molecule has 0 N–H and O–H groups in total. The molecule has 0 fully saturated rings. The lowest BCUT2D eigenvalue weighted by molar-refractivity contribution is -0.119. The van der Waals surface area contributed by atoms with Crippen LogP contribution in [-0.4, -0.2) is 44.2 Å². The van der Waals surface area contributed by atoms with Gasteiger partial charge < -0.3 is 9.16 Å². The highest BCUT2D eigenvalue weighted by Crippen LogP contribution is 2.37. The van der Waals surface area contributed by atoms with Gasteiger partial charge in [-0.05, 0) is 46.8 Å². The van der Waals surface area contributed by atoms with Crippen LogP contribution >= 0.6 is 0 Å². The summed E-state index contributed by atoms with van der Waals surface area (Å²) in [6.45, 7) is 8.19. The molecule has 6 nitrogen and oxygen atoms in total. The Balaban J connectivity index is 1.95. The van der Waals surface area contributed by atoms with Crippen molar-refractivity contribution in [3.63, 3.8) is 0 Å². The van der Waals surface area contributed by atoms with Gasteiger partial charge in [0.15, 0.2) is 5.78 Å². The van der Waals surface area contributed by atoms with E-state index in [-0.39, 0.29) is 24.0 Å². The van der Waals surface area contributed by atoms with Crippen molar-refractivity contribution in [3.05, 3.63) is 109 Å². The predicted molar refractivity (Wildman–Crippen MR) is 161 cm³/mol. The van der Waals surface area contributed by atoms with Crippen molar-refractivity contribution >= 4 is 37.0 Å². The van der Waals surface area contributed by atoms with E-state index >= 15 is 0 Å². The van der Waals surface area contributed by atoms with Crippen LogP contribution in [0.15, 0.2) is 103 Å². The Labute approximate surface area is 238 Å². The van der Waals surface area contributed by atoms with Gasteiger partial charge in [-0.2, -0.15) is 0 Å². The fourth-order valence-corrected chi connectivity index (χ4v) is 9.49. The van der Waals surface area contributed by atoms with Gasteiger partial charge in [0, 0.05) is 0 Å². The van der Waals surface area contributed by atoms with Crippen LogP contribution in [0, 0.1) is 0 Å². The maximum Gasteiger partial charge on any atom is 0.416 e. The van der Waals surface area contributed by atoms with Gasteiger partial charge in [-0.15, -0.1) is 0 Å². The van der Waals surface area contributed by atoms with Crippen LogP contribution in [0.2, 0.25) is 5.04 Å². The second-order valence-corrected chi connectivity index (χ2v) is 15.1. The molecule has 0 radical (unpaired) electrons. The van der Waals surface area contributed by atoms with Crippen molar-refractivity contribution in [1.29, 1.82) is 0 Å². The van der Waals surface area contributed by atoms with E-state index in [0.717, 1.165) is 20.8 Å².